The number of hydrogen-bond acceptors (Lipinski definition) is 1. The Morgan fingerprint density at radius 3 is 2.21 bits per heavy atom. The fourth-order valence-electron chi connectivity index (χ4n) is 1.80. The zero-order valence-corrected chi connectivity index (χ0v) is 9.88. The molecule has 0 bridgehead atoms. The highest BCUT2D eigenvalue weighted by molar-refractivity contribution is 5.96. The molecular weight excluding hydrogens is 257 g/mol. The van der Waals surface area contributed by atoms with Crippen LogP contribution in [0, 0.1) is 24.4 Å². The Morgan fingerprint density at radius 1 is 0.947 bits per heavy atom. The molecule has 0 spiro atoms. The minimum absolute atomic E-state index is 0.0175. The maximum Gasteiger partial charge on any atom is 0.336 e. The summed E-state index contributed by atoms with van der Waals surface area (Å²) in [4.78, 5) is 11.1. The van der Waals surface area contributed by atoms with Gasteiger partial charge in [0.25, 0.3) is 0 Å². The lowest BCUT2D eigenvalue weighted by Gasteiger charge is -2.09. The molecule has 98 valence electrons. The van der Waals surface area contributed by atoms with E-state index in [0.717, 1.165) is 0 Å². The molecule has 19 heavy (non-hydrogen) atoms. The van der Waals surface area contributed by atoms with Gasteiger partial charge in [-0.25, -0.2) is 18.0 Å². The molecule has 0 atom stereocenters. The molecule has 1 N–H and O–H groups in total. The number of hydrogen-bond donors (Lipinski definition) is 1. The summed E-state index contributed by atoms with van der Waals surface area (Å²) in [5.41, 5.74) is 0.253. The highest BCUT2D eigenvalue weighted by atomic mass is 19.2. The molecule has 5 heteroatoms. The van der Waals surface area contributed by atoms with Crippen molar-refractivity contribution >= 4 is 5.97 Å². The van der Waals surface area contributed by atoms with Crippen LogP contribution in [0.25, 0.3) is 11.1 Å². The quantitative estimate of drug-likeness (QED) is 0.840. The van der Waals surface area contributed by atoms with Gasteiger partial charge in [0.15, 0.2) is 11.6 Å². The summed E-state index contributed by atoms with van der Waals surface area (Å²) < 4.78 is 39.8. The Labute approximate surface area is 107 Å². The number of aryl methyl sites for hydroxylation is 1. The molecule has 2 nitrogen and oxygen atoms in total. The van der Waals surface area contributed by atoms with E-state index in [0.29, 0.717) is 17.7 Å². The van der Waals surface area contributed by atoms with Crippen LogP contribution in [0.1, 0.15) is 15.9 Å². The summed E-state index contributed by atoms with van der Waals surface area (Å²) in [7, 11) is 0. The predicted octanol–water partition coefficient (Wildman–Crippen LogP) is 3.78. The van der Waals surface area contributed by atoms with Crippen LogP contribution in [-0.2, 0) is 0 Å². The van der Waals surface area contributed by atoms with Crippen molar-refractivity contribution in [1.29, 1.82) is 0 Å². The van der Waals surface area contributed by atoms with E-state index in [1.807, 2.05) is 0 Å². The standard InChI is InChI=1S/C14H9F3O2/c1-7-2-3-8(14(18)19)9(4-7)10-5-12(16)13(17)6-11(10)15/h2-6H,1H3,(H,18,19). The molecule has 0 aromatic heterocycles. The number of carboxylic acid groups (broad SMARTS) is 1. The normalized spacial score (nSPS) is 10.5. The van der Waals surface area contributed by atoms with Gasteiger partial charge in [-0.05, 0) is 24.6 Å². The van der Waals surface area contributed by atoms with E-state index < -0.39 is 23.4 Å². The Morgan fingerprint density at radius 2 is 1.58 bits per heavy atom. The van der Waals surface area contributed by atoms with E-state index in [9.17, 15) is 18.0 Å². The van der Waals surface area contributed by atoms with Crippen molar-refractivity contribution in [3.63, 3.8) is 0 Å². The number of carbonyl (C=O) groups is 1. The summed E-state index contributed by atoms with van der Waals surface area (Å²) in [6, 6.07) is 5.32. The zero-order valence-electron chi connectivity index (χ0n) is 9.88. The lowest BCUT2D eigenvalue weighted by molar-refractivity contribution is 0.0697. The molecule has 0 amide bonds. The van der Waals surface area contributed by atoms with Crippen molar-refractivity contribution in [3.05, 3.63) is 58.9 Å². The molecule has 0 fully saturated rings. The van der Waals surface area contributed by atoms with Gasteiger partial charge < -0.3 is 5.11 Å². The topological polar surface area (TPSA) is 37.3 Å². The summed E-state index contributed by atoms with van der Waals surface area (Å²) in [6.07, 6.45) is 0. The Kier molecular flexibility index (Phi) is 3.29. The fraction of sp³-hybridized carbons (Fsp3) is 0.0714. The van der Waals surface area contributed by atoms with Crippen molar-refractivity contribution < 1.29 is 23.1 Å². The van der Waals surface area contributed by atoms with E-state index in [4.69, 9.17) is 5.11 Å². The third-order valence-electron chi connectivity index (χ3n) is 2.71. The fourth-order valence-corrected chi connectivity index (χ4v) is 1.80. The van der Waals surface area contributed by atoms with Crippen molar-refractivity contribution in [2.24, 2.45) is 0 Å². The second-order valence-electron chi connectivity index (χ2n) is 4.10. The molecule has 0 aliphatic carbocycles. The average Bonchev–Trinajstić information content (AvgIpc) is 2.33. The van der Waals surface area contributed by atoms with Crippen molar-refractivity contribution in [2.45, 2.75) is 6.92 Å². The average molecular weight is 266 g/mol. The first-order valence-electron chi connectivity index (χ1n) is 5.39. The number of halogens is 3. The third kappa shape index (κ3) is 2.45. The lowest BCUT2D eigenvalue weighted by Crippen LogP contribution is -2.02. The molecule has 0 radical (unpaired) electrons. The molecule has 2 rings (SSSR count). The predicted molar refractivity (Wildman–Crippen MR) is 63.4 cm³/mol. The van der Waals surface area contributed by atoms with E-state index in [1.165, 1.54) is 12.1 Å². The summed E-state index contributed by atoms with van der Waals surface area (Å²) in [6.45, 7) is 1.69. The molecule has 0 aliphatic rings. The van der Waals surface area contributed by atoms with Crippen LogP contribution in [0.5, 0.6) is 0 Å². The van der Waals surface area contributed by atoms with Gasteiger partial charge >= 0.3 is 5.97 Å². The molecule has 0 unspecified atom stereocenters. The first kappa shape index (κ1) is 13.1. The van der Waals surface area contributed by atoms with Crippen molar-refractivity contribution in [1.82, 2.24) is 0 Å². The largest absolute Gasteiger partial charge is 0.478 e. The number of aromatic carboxylic acids is 1. The van der Waals surface area contributed by atoms with Gasteiger partial charge in [0.05, 0.1) is 5.56 Å². The molecule has 2 aromatic rings. The summed E-state index contributed by atoms with van der Waals surface area (Å²) >= 11 is 0. The molecule has 0 saturated heterocycles. The van der Waals surface area contributed by atoms with Crippen LogP contribution >= 0.6 is 0 Å². The molecule has 0 heterocycles. The second kappa shape index (κ2) is 4.76. The van der Waals surface area contributed by atoms with E-state index in [2.05, 4.69) is 0 Å². The second-order valence-corrected chi connectivity index (χ2v) is 4.10. The van der Waals surface area contributed by atoms with Crippen LogP contribution in [0.2, 0.25) is 0 Å². The third-order valence-corrected chi connectivity index (χ3v) is 2.71. The molecule has 0 aliphatic heterocycles. The smallest absolute Gasteiger partial charge is 0.336 e. The van der Waals surface area contributed by atoms with Gasteiger partial charge in [-0.15, -0.1) is 0 Å². The number of benzene rings is 2. The van der Waals surface area contributed by atoms with Crippen LogP contribution in [-0.4, -0.2) is 11.1 Å². The number of rotatable bonds is 2. The van der Waals surface area contributed by atoms with E-state index >= 15 is 0 Å². The minimum Gasteiger partial charge on any atom is -0.478 e. The van der Waals surface area contributed by atoms with Crippen molar-refractivity contribution in [3.8, 4) is 11.1 Å². The van der Waals surface area contributed by atoms with Gasteiger partial charge in [-0.3, -0.25) is 0 Å². The SMILES string of the molecule is Cc1ccc(C(=O)O)c(-c2cc(F)c(F)cc2F)c1. The highest BCUT2D eigenvalue weighted by Gasteiger charge is 2.17. The van der Waals surface area contributed by atoms with Crippen LogP contribution in [0.15, 0.2) is 30.3 Å². The first-order valence-corrected chi connectivity index (χ1v) is 5.39. The monoisotopic (exact) mass is 266 g/mol. The van der Waals surface area contributed by atoms with Gasteiger partial charge in [0.1, 0.15) is 5.82 Å². The maximum atomic E-state index is 13.7. The Hall–Kier alpha value is -2.30. The van der Waals surface area contributed by atoms with Crippen LogP contribution in [0.4, 0.5) is 13.2 Å². The Bertz CT molecular complexity index is 666. The maximum absolute atomic E-state index is 13.7. The molecule has 2 aromatic carbocycles. The molecule has 0 saturated carbocycles. The summed E-state index contributed by atoms with van der Waals surface area (Å²) in [5, 5.41) is 9.04. The minimum atomic E-state index is -1.31. The van der Waals surface area contributed by atoms with Gasteiger partial charge in [-0.2, -0.15) is 0 Å². The highest BCUT2D eigenvalue weighted by Crippen LogP contribution is 2.29. The van der Waals surface area contributed by atoms with Crippen LogP contribution < -0.4 is 0 Å². The first-order chi connectivity index (χ1) is 8.90. The van der Waals surface area contributed by atoms with Gasteiger partial charge in [0.2, 0.25) is 0 Å². The van der Waals surface area contributed by atoms with E-state index in [-0.39, 0.29) is 16.7 Å². The lowest BCUT2D eigenvalue weighted by atomic mass is 9.97. The van der Waals surface area contributed by atoms with Crippen LogP contribution in [0.3, 0.4) is 0 Å². The molecular formula is C14H9F3O2. The van der Waals surface area contributed by atoms with Gasteiger partial charge in [-0.1, -0.05) is 17.7 Å². The van der Waals surface area contributed by atoms with Gasteiger partial charge in [0, 0.05) is 11.6 Å². The summed E-state index contributed by atoms with van der Waals surface area (Å²) in [5.74, 6) is -4.81. The van der Waals surface area contributed by atoms with Crippen molar-refractivity contribution in [2.75, 3.05) is 0 Å². The Balaban J connectivity index is 2.74. The van der Waals surface area contributed by atoms with E-state index in [1.54, 1.807) is 13.0 Å². The zero-order chi connectivity index (χ0) is 14.2. The number of carboxylic acids is 1.